The summed E-state index contributed by atoms with van der Waals surface area (Å²) in [5.74, 6) is 0.711. The molecule has 0 bridgehead atoms. The van der Waals surface area contributed by atoms with Crippen molar-refractivity contribution in [3.05, 3.63) is 24.8 Å². The van der Waals surface area contributed by atoms with Crippen LogP contribution in [0.4, 0.5) is 0 Å². The Morgan fingerprint density at radius 3 is 2.78 bits per heavy atom. The van der Waals surface area contributed by atoms with Gasteiger partial charge in [0.1, 0.15) is 17.3 Å². The van der Waals surface area contributed by atoms with Crippen LogP contribution in [-0.4, -0.2) is 46.1 Å². The first-order chi connectivity index (χ1) is 11.2. The van der Waals surface area contributed by atoms with Crippen LogP contribution in [0.25, 0.3) is 20.3 Å². The molecule has 1 aliphatic rings. The van der Waals surface area contributed by atoms with Crippen molar-refractivity contribution in [3.8, 4) is 5.88 Å². The summed E-state index contributed by atoms with van der Waals surface area (Å²) in [4.78, 5) is 16.3. The van der Waals surface area contributed by atoms with Gasteiger partial charge in [-0.25, -0.2) is 9.97 Å². The maximum Gasteiger partial charge on any atom is 0.226 e. The Labute approximate surface area is 139 Å². The first-order valence-corrected chi connectivity index (χ1v) is 8.84. The van der Waals surface area contributed by atoms with E-state index in [-0.39, 0.29) is 6.10 Å². The number of thiophene rings is 1. The fourth-order valence-corrected chi connectivity index (χ4v) is 4.35. The first kappa shape index (κ1) is 14.8. The molecule has 0 amide bonds. The Balaban J connectivity index is 1.62. The van der Waals surface area contributed by atoms with E-state index in [2.05, 4.69) is 33.9 Å². The summed E-state index contributed by atoms with van der Waals surface area (Å²) in [6, 6.07) is 2.69. The number of rotatable bonds is 3. The van der Waals surface area contributed by atoms with Crippen LogP contribution in [0, 0.1) is 0 Å². The van der Waals surface area contributed by atoms with Crippen molar-refractivity contribution >= 4 is 31.6 Å². The van der Waals surface area contributed by atoms with Gasteiger partial charge >= 0.3 is 0 Å². The normalized spacial score (nSPS) is 22.0. The summed E-state index contributed by atoms with van der Waals surface area (Å²) in [6.45, 7) is 0. The number of ether oxygens (including phenoxy) is 1. The minimum absolute atomic E-state index is 0.246. The largest absolute Gasteiger partial charge is 0.474 e. The lowest BCUT2D eigenvalue weighted by Gasteiger charge is -2.32. The molecule has 0 aliphatic heterocycles. The maximum absolute atomic E-state index is 6.27. The van der Waals surface area contributed by atoms with Crippen molar-refractivity contribution in [2.75, 3.05) is 14.1 Å². The molecule has 23 heavy (non-hydrogen) atoms. The molecule has 120 valence electrons. The third-order valence-electron chi connectivity index (χ3n) is 4.69. The molecule has 3 aromatic rings. The molecule has 0 radical (unpaired) electrons. The van der Waals surface area contributed by atoms with Gasteiger partial charge in [0.2, 0.25) is 5.88 Å². The number of nitrogens with zero attached hydrogens (tertiary/aromatic N) is 4. The van der Waals surface area contributed by atoms with Crippen LogP contribution in [-0.2, 0) is 0 Å². The Morgan fingerprint density at radius 1 is 1.17 bits per heavy atom. The molecule has 0 atom stereocenters. The van der Waals surface area contributed by atoms with E-state index in [1.165, 1.54) is 17.5 Å². The molecule has 0 spiro atoms. The Hall–Kier alpha value is -1.79. The van der Waals surface area contributed by atoms with Gasteiger partial charge in [-0.3, -0.25) is 4.98 Å². The van der Waals surface area contributed by atoms with Gasteiger partial charge in [-0.05, 0) is 45.8 Å². The minimum Gasteiger partial charge on any atom is -0.474 e. The number of fused-ring (bicyclic) bond motifs is 3. The molecular formula is C17H20N4OS. The van der Waals surface area contributed by atoms with Crippen LogP contribution >= 0.6 is 11.3 Å². The van der Waals surface area contributed by atoms with E-state index in [4.69, 9.17) is 4.74 Å². The number of aromatic nitrogens is 3. The van der Waals surface area contributed by atoms with Gasteiger partial charge < -0.3 is 9.64 Å². The molecule has 0 unspecified atom stereocenters. The summed E-state index contributed by atoms with van der Waals surface area (Å²) in [5.41, 5.74) is 0. The molecule has 1 fully saturated rings. The smallest absolute Gasteiger partial charge is 0.226 e. The van der Waals surface area contributed by atoms with E-state index < -0.39 is 0 Å². The minimum atomic E-state index is 0.246. The number of hydrogen-bond donors (Lipinski definition) is 0. The van der Waals surface area contributed by atoms with Crippen LogP contribution in [0.5, 0.6) is 5.88 Å². The lowest BCUT2D eigenvalue weighted by molar-refractivity contribution is 0.108. The lowest BCUT2D eigenvalue weighted by atomic mass is 9.92. The summed E-state index contributed by atoms with van der Waals surface area (Å²) in [7, 11) is 4.31. The first-order valence-electron chi connectivity index (χ1n) is 8.02. The quantitative estimate of drug-likeness (QED) is 0.736. The Kier molecular flexibility index (Phi) is 3.87. The van der Waals surface area contributed by atoms with E-state index >= 15 is 0 Å². The van der Waals surface area contributed by atoms with Gasteiger partial charge in [0, 0.05) is 28.5 Å². The van der Waals surface area contributed by atoms with Crippen LogP contribution in [0.1, 0.15) is 25.7 Å². The number of pyridine rings is 1. The second-order valence-corrected chi connectivity index (χ2v) is 7.38. The van der Waals surface area contributed by atoms with Gasteiger partial charge in [-0.1, -0.05) is 0 Å². The zero-order valence-corrected chi connectivity index (χ0v) is 14.2. The van der Waals surface area contributed by atoms with Crippen LogP contribution < -0.4 is 4.74 Å². The third-order valence-corrected chi connectivity index (χ3v) is 5.77. The molecule has 0 aromatic carbocycles. The highest BCUT2D eigenvalue weighted by atomic mass is 32.1. The average molecular weight is 328 g/mol. The second kappa shape index (κ2) is 6.02. The second-order valence-electron chi connectivity index (χ2n) is 6.34. The predicted octanol–water partition coefficient (Wildman–Crippen LogP) is 3.49. The highest BCUT2D eigenvalue weighted by Gasteiger charge is 2.25. The van der Waals surface area contributed by atoms with Crippen LogP contribution in [0.3, 0.4) is 0 Å². The molecule has 5 nitrogen and oxygen atoms in total. The Bertz CT molecular complexity index is 824. The van der Waals surface area contributed by atoms with Crippen molar-refractivity contribution in [2.24, 2.45) is 0 Å². The van der Waals surface area contributed by atoms with Crippen molar-refractivity contribution < 1.29 is 4.74 Å². The predicted molar refractivity (Wildman–Crippen MR) is 93.1 cm³/mol. The van der Waals surface area contributed by atoms with Gasteiger partial charge in [-0.15, -0.1) is 11.3 Å². The fraction of sp³-hybridized carbons (Fsp3) is 0.471. The van der Waals surface area contributed by atoms with Crippen LogP contribution in [0.2, 0.25) is 0 Å². The van der Waals surface area contributed by atoms with Crippen molar-refractivity contribution in [3.63, 3.8) is 0 Å². The molecule has 4 rings (SSSR count). The average Bonchev–Trinajstić information content (AvgIpc) is 2.95. The number of hydrogen-bond acceptors (Lipinski definition) is 6. The van der Waals surface area contributed by atoms with Crippen molar-refractivity contribution in [2.45, 2.75) is 37.8 Å². The third kappa shape index (κ3) is 2.77. The zero-order chi connectivity index (χ0) is 15.8. The summed E-state index contributed by atoms with van der Waals surface area (Å²) < 4.78 is 7.45. The summed E-state index contributed by atoms with van der Waals surface area (Å²) >= 11 is 1.66. The fourth-order valence-electron chi connectivity index (χ4n) is 3.35. The SMILES string of the molecule is CN(C)C1CCC(Oc2ncnc3sc4ccncc4c23)CC1. The molecule has 1 aliphatic carbocycles. The Morgan fingerprint density at radius 2 is 2.00 bits per heavy atom. The lowest BCUT2D eigenvalue weighted by Crippen LogP contribution is -2.35. The highest BCUT2D eigenvalue weighted by molar-refractivity contribution is 7.25. The molecule has 6 heteroatoms. The van der Waals surface area contributed by atoms with Crippen LogP contribution in [0.15, 0.2) is 24.8 Å². The van der Waals surface area contributed by atoms with E-state index in [9.17, 15) is 0 Å². The van der Waals surface area contributed by atoms with E-state index in [0.717, 1.165) is 28.4 Å². The van der Waals surface area contributed by atoms with Crippen molar-refractivity contribution in [1.82, 2.24) is 19.9 Å². The van der Waals surface area contributed by atoms with Crippen molar-refractivity contribution in [1.29, 1.82) is 0 Å². The topological polar surface area (TPSA) is 51.1 Å². The molecule has 3 aromatic heterocycles. The maximum atomic E-state index is 6.27. The summed E-state index contributed by atoms with van der Waals surface area (Å²) in [6.07, 6.45) is 10.1. The van der Waals surface area contributed by atoms with Gasteiger partial charge in [0.15, 0.2) is 0 Å². The molecule has 1 saturated carbocycles. The highest BCUT2D eigenvalue weighted by Crippen LogP contribution is 2.37. The van der Waals surface area contributed by atoms with Gasteiger partial charge in [0.05, 0.1) is 5.39 Å². The molecule has 0 N–H and O–H groups in total. The van der Waals surface area contributed by atoms with Gasteiger partial charge in [-0.2, -0.15) is 0 Å². The standard InChI is InChI=1S/C17H20N4OS/c1-21(2)11-3-5-12(6-4-11)22-16-15-13-9-18-8-7-14(13)23-17(15)20-10-19-16/h7-12H,3-6H2,1-2H3. The molecule has 0 saturated heterocycles. The van der Waals surface area contributed by atoms with Gasteiger partial charge in [0.25, 0.3) is 0 Å². The zero-order valence-electron chi connectivity index (χ0n) is 13.4. The van der Waals surface area contributed by atoms with E-state index in [0.29, 0.717) is 11.9 Å². The summed E-state index contributed by atoms with van der Waals surface area (Å²) in [5, 5.41) is 2.10. The van der Waals surface area contributed by atoms with E-state index in [1.54, 1.807) is 17.7 Å². The molecule has 3 heterocycles. The molecular weight excluding hydrogens is 308 g/mol. The van der Waals surface area contributed by atoms with E-state index in [1.807, 2.05) is 18.5 Å². The monoisotopic (exact) mass is 328 g/mol.